The van der Waals surface area contributed by atoms with Crippen molar-refractivity contribution in [1.29, 1.82) is 0 Å². The number of Topliss-reactive ketones (excluding diaryl/α,β-unsaturated/α-hetero) is 1. The van der Waals surface area contributed by atoms with Gasteiger partial charge in [-0.15, -0.1) is 0 Å². The quantitative estimate of drug-likeness (QED) is 0.0354. The zero-order valence-electron chi connectivity index (χ0n) is 69.9. The minimum Gasteiger partial charge on any atom is -0.495 e. The average molecular weight is 1780 g/mol. The number of aromatic nitrogens is 3. The van der Waals surface area contributed by atoms with Gasteiger partial charge in [-0.25, -0.2) is 0 Å². The number of benzene rings is 9. The molecule has 0 spiro atoms. The fourth-order valence-corrected chi connectivity index (χ4v) is 20.6. The van der Waals surface area contributed by atoms with E-state index in [0.717, 1.165) is 187 Å². The first-order valence-corrected chi connectivity index (χ1v) is 45.4. The number of carbonyl (C=O) groups is 4. The first-order chi connectivity index (χ1) is 59.9. The van der Waals surface area contributed by atoms with Gasteiger partial charge < -0.3 is 53.5 Å². The number of fused-ring (bicyclic) bond motifs is 7. The van der Waals surface area contributed by atoms with Crippen LogP contribution in [0.25, 0.3) is 32.7 Å². The molecule has 5 saturated heterocycles. The fraction of sp³-hybridized carbons (Fsp3) is 0.360. The maximum absolute atomic E-state index is 13.3. The predicted octanol–water partition coefficient (Wildman–Crippen LogP) is 22.4. The number of halogens is 6. The molecule has 0 aliphatic carbocycles. The number of ether oxygens (including phenoxy) is 4. The van der Waals surface area contributed by atoms with Crippen LogP contribution in [-0.4, -0.2) is 136 Å². The number of nitrogens with one attached hydrogen (secondary N) is 3. The number of methoxy groups -OCH3 is 3. The van der Waals surface area contributed by atoms with Crippen LogP contribution in [-0.2, 0) is 45.7 Å². The molecule has 3 N–H and O–H groups in total. The van der Waals surface area contributed by atoms with E-state index in [1.807, 2.05) is 195 Å². The maximum Gasteiger partial charge on any atom is 0.253 e. The Balaban J connectivity index is 0.000000143. The minimum atomic E-state index is -0.120. The van der Waals surface area contributed by atoms with Crippen LogP contribution in [0, 0.1) is 11.8 Å². The molecule has 9 aromatic carbocycles. The van der Waals surface area contributed by atoms with E-state index in [1.165, 1.54) is 44.1 Å². The van der Waals surface area contributed by atoms with E-state index >= 15 is 0 Å². The summed E-state index contributed by atoms with van der Waals surface area (Å²) in [5.74, 6) is 4.04. The van der Waals surface area contributed by atoms with Crippen molar-refractivity contribution < 1.29 is 38.1 Å². The van der Waals surface area contributed by atoms with Crippen LogP contribution in [0.2, 0.25) is 30.1 Å². The normalized spacial score (nSPS) is 18.8. The molecular weight excluding hydrogens is 1670 g/mol. The molecule has 3 aromatic heterocycles. The van der Waals surface area contributed by atoms with E-state index in [1.54, 1.807) is 33.5 Å². The fourth-order valence-electron chi connectivity index (χ4n) is 19.5. The number of hydrogen-bond donors (Lipinski definition) is 3. The number of aryl methyl sites for hydroxylation is 3. The Bertz CT molecular complexity index is 5650. The Morgan fingerprint density at radius 1 is 0.398 bits per heavy atom. The third-order valence-corrected chi connectivity index (χ3v) is 26.8. The molecular formula is C100H107Cl6N9O8. The molecule has 5 aliphatic rings. The number of ketones is 1. The van der Waals surface area contributed by atoms with Gasteiger partial charge in [0.15, 0.2) is 5.78 Å². The number of amides is 3. The summed E-state index contributed by atoms with van der Waals surface area (Å²) in [5, 5.41) is 16.0. The first-order valence-electron chi connectivity index (χ1n) is 43.1. The topological polar surface area (TPSA) is 166 Å². The molecule has 23 heteroatoms. The summed E-state index contributed by atoms with van der Waals surface area (Å²) in [6, 6.07) is 65.6. The van der Waals surface area contributed by atoms with E-state index in [-0.39, 0.29) is 29.6 Å². The highest BCUT2D eigenvalue weighted by Gasteiger charge is 2.43. The highest BCUT2D eigenvalue weighted by Crippen LogP contribution is 2.43. The second kappa shape index (κ2) is 42.0. The summed E-state index contributed by atoms with van der Waals surface area (Å²) in [6.45, 7) is 8.88. The van der Waals surface area contributed by atoms with Gasteiger partial charge in [0.25, 0.3) is 17.7 Å². The molecule has 17 nitrogen and oxygen atoms in total. The number of hydrogen-bond acceptors (Lipinski definition) is 11. The molecule has 5 unspecified atom stereocenters. The largest absolute Gasteiger partial charge is 0.495 e. The van der Waals surface area contributed by atoms with E-state index in [0.29, 0.717) is 104 Å². The second-order valence-corrected chi connectivity index (χ2v) is 35.8. The van der Waals surface area contributed by atoms with Crippen LogP contribution in [0.15, 0.2) is 219 Å². The van der Waals surface area contributed by atoms with E-state index in [4.69, 9.17) is 88.6 Å². The Kier molecular flexibility index (Phi) is 30.2. The van der Waals surface area contributed by atoms with Crippen molar-refractivity contribution in [2.45, 2.75) is 166 Å². The Morgan fingerprint density at radius 2 is 0.805 bits per heavy atom. The SMILES string of the molecule is COc1cccc2c(C(=O)NCc3cccc(Cl)c3)cn(CCCN3C4CCC3CC(CC(=O)c3ccc(Cl)cc3)C4)c12.COc1cccc2c(C(=O)NCc3cccc(Cl)c3)cn(CCCN3C4CCC3CC(Oc3ccccc3Cl)C4)c12.COc1cccc2c(C(=O)NCc3cccc(Cl)c3)cn(CCCN3CCCC(Cc4ccccc4Cl)C3)c12. The molecule has 12 aromatic rings. The van der Waals surface area contributed by atoms with Crippen molar-refractivity contribution >= 4 is 126 Å². The van der Waals surface area contributed by atoms with E-state index < -0.39 is 0 Å². The van der Waals surface area contributed by atoms with Gasteiger partial charge in [0.1, 0.15) is 29.1 Å². The summed E-state index contributed by atoms with van der Waals surface area (Å²) in [7, 11) is 5.03. The van der Waals surface area contributed by atoms with Crippen molar-refractivity contribution in [3.8, 4) is 23.0 Å². The minimum absolute atomic E-state index is 0.106. The second-order valence-electron chi connectivity index (χ2n) is 33.2. The predicted molar refractivity (Wildman–Crippen MR) is 497 cm³/mol. The number of carbonyl (C=O) groups excluding carboxylic acids is 4. The number of likely N-dealkylation sites (tertiary alicyclic amines) is 1. The molecule has 17 rings (SSSR count). The van der Waals surface area contributed by atoms with Gasteiger partial charge in [0.05, 0.1) is 59.6 Å². The van der Waals surface area contributed by atoms with Crippen molar-refractivity contribution in [2.75, 3.05) is 54.1 Å². The van der Waals surface area contributed by atoms with Gasteiger partial charge in [-0.1, -0.05) is 173 Å². The third kappa shape index (κ3) is 22.1. The molecule has 642 valence electrons. The molecule has 0 radical (unpaired) electrons. The van der Waals surface area contributed by atoms with E-state index in [9.17, 15) is 19.2 Å². The standard InChI is InChI=1S/C35H37Cl2N3O3.C33H35Cl2N3O3.C32H35Cl2N3O2/c1-43-33-8-3-7-30-31(35(42)38-21-23-5-2-6-27(37)17-23)22-39(34(30)33)15-4-16-40-28-13-14-29(40)19-24(18-28)20-32(41)25-9-11-26(36)12-10-25;1-40-31-12-5-9-27-28(33(39)36-20-22-7-4-8-23(34)17-22)21-37(32(27)31)15-6-16-38-24-13-14-25(38)19-26(18-24)41-30-11-3-2-10-29(30)35;1-39-30-14-5-12-27-28(32(38)35-20-23-8-4-11-26(33)19-23)22-37(31(27)30)17-7-16-36-15-6-9-24(21-36)18-25-10-2-3-13-29(25)34/h2-3,5-12,17,22,24,28-29H,4,13-16,18-21H2,1H3,(H,38,42);2-5,7-12,17,21,24-26H,6,13-16,18-20H2,1H3,(H,36,39);2-5,8,10-14,19,22,24H,6-7,9,15-18,20-21H2,1H3,(H,35,38). The van der Waals surface area contributed by atoms with Crippen molar-refractivity contribution in [3.63, 3.8) is 0 Å². The summed E-state index contributed by atoms with van der Waals surface area (Å²) in [4.78, 5) is 60.7. The zero-order valence-corrected chi connectivity index (χ0v) is 74.5. The van der Waals surface area contributed by atoms with Crippen LogP contribution in [0.1, 0.15) is 154 Å². The maximum atomic E-state index is 13.3. The zero-order chi connectivity index (χ0) is 85.5. The molecule has 3 amide bonds. The molecule has 0 saturated carbocycles. The first kappa shape index (κ1) is 88.4. The highest BCUT2D eigenvalue weighted by molar-refractivity contribution is 6.33. The molecule has 123 heavy (non-hydrogen) atoms. The smallest absolute Gasteiger partial charge is 0.253 e. The Morgan fingerprint density at radius 3 is 1.24 bits per heavy atom. The summed E-state index contributed by atoms with van der Waals surface area (Å²) in [5.41, 5.74) is 9.69. The van der Waals surface area contributed by atoms with Crippen LogP contribution in [0.5, 0.6) is 23.0 Å². The number of nitrogens with zero attached hydrogens (tertiary/aromatic N) is 6. The van der Waals surface area contributed by atoms with Crippen molar-refractivity contribution in [2.24, 2.45) is 11.8 Å². The van der Waals surface area contributed by atoms with Gasteiger partial charge in [-0.2, -0.15) is 0 Å². The van der Waals surface area contributed by atoms with Gasteiger partial charge >= 0.3 is 0 Å². The summed E-state index contributed by atoms with van der Waals surface area (Å²) >= 11 is 37.1. The lowest BCUT2D eigenvalue weighted by Crippen LogP contribution is -2.46. The lowest BCUT2D eigenvalue weighted by Gasteiger charge is -2.39. The van der Waals surface area contributed by atoms with Crippen LogP contribution < -0.4 is 34.9 Å². The van der Waals surface area contributed by atoms with E-state index in [2.05, 4.69) is 56.5 Å². The van der Waals surface area contributed by atoms with Gasteiger partial charge in [0, 0.05) is 155 Å². The lowest BCUT2D eigenvalue weighted by molar-refractivity contribution is 0.0482. The van der Waals surface area contributed by atoms with Gasteiger partial charge in [-0.3, -0.25) is 29.0 Å². The number of piperidine rings is 3. The molecule has 8 heterocycles. The monoisotopic (exact) mass is 1770 g/mol. The highest BCUT2D eigenvalue weighted by atomic mass is 35.5. The lowest BCUT2D eigenvalue weighted by atomic mass is 9.85. The summed E-state index contributed by atoms with van der Waals surface area (Å²) < 4.78 is 30.0. The average Bonchev–Trinajstić information content (AvgIpc) is 1.64. The van der Waals surface area contributed by atoms with Crippen LogP contribution >= 0.6 is 69.6 Å². The Labute approximate surface area is 751 Å². The number of rotatable bonds is 31. The summed E-state index contributed by atoms with van der Waals surface area (Å²) in [6.07, 6.45) is 22.2. The third-order valence-electron chi connectivity index (χ3n) is 25.2. The van der Waals surface area contributed by atoms with Crippen molar-refractivity contribution in [1.82, 2.24) is 44.4 Å². The molecule has 5 aliphatic heterocycles. The Hall–Kier alpha value is -9.50. The molecule has 4 bridgehead atoms. The van der Waals surface area contributed by atoms with Gasteiger partial charge in [-0.05, 0) is 234 Å². The molecule has 5 fully saturated rings. The molecule has 5 atom stereocenters. The number of para-hydroxylation sites is 4. The van der Waals surface area contributed by atoms with Crippen LogP contribution in [0.4, 0.5) is 0 Å². The van der Waals surface area contributed by atoms with Crippen LogP contribution in [0.3, 0.4) is 0 Å². The van der Waals surface area contributed by atoms with Gasteiger partial charge in [0.2, 0.25) is 0 Å². The van der Waals surface area contributed by atoms with Crippen molar-refractivity contribution in [3.05, 3.63) is 293 Å².